The van der Waals surface area contributed by atoms with E-state index in [0.29, 0.717) is 24.5 Å². The maximum absolute atomic E-state index is 10.7. The zero-order chi connectivity index (χ0) is 15.2. The van der Waals surface area contributed by atoms with Crippen molar-refractivity contribution in [2.45, 2.75) is 20.8 Å². The third-order valence-electron chi connectivity index (χ3n) is 3.47. The van der Waals surface area contributed by atoms with Crippen molar-refractivity contribution in [1.29, 1.82) is 0 Å². The van der Waals surface area contributed by atoms with Crippen molar-refractivity contribution in [3.8, 4) is 11.5 Å². The van der Waals surface area contributed by atoms with Gasteiger partial charge in [-0.2, -0.15) is 0 Å². The van der Waals surface area contributed by atoms with Gasteiger partial charge in [0.25, 0.3) is 0 Å². The van der Waals surface area contributed by atoms with E-state index in [1.165, 1.54) is 5.56 Å². The van der Waals surface area contributed by atoms with E-state index in [1.807, 2.05) is 13.0 Å². The Morgan fingerprint density at radius 2 is 1.67 bits per heavy atom. The Morgan fingerprint density at radius 3 is 2.43 bits per heavy atom. The Hall–Kier alpha value is -2.29. The molecule has 2 aromatic carbocycles. The van der Waals surface area contributed by atoms with Crippen LogP contribution in [-0.2, 0) is 0 Å². The van der Waals surface area contributed by atoms with Gasteiger partial charge < -0.3 is 9.47 Å². The summed E-state index contributed by atoms with van der Waals surface area (Å²) in [5.74, 6) is 1.61. The number of carbonyl (C=O) groups is 1. The van der Waals surface area contributed by atoms with Crippen LogP contribution in [0.4, 0.5) is 0 Å². The van der Waals surface area contributed by atoms with Gasteiger partial charge >= 0.3 is 0 Å². The monoisotopic (exact) mass is 284 g/mol. The highest BCUT2D eigenvalue weighted by atomic mass is 16.5. The van der Waals surface area contributed by atoms with Gasteiger partial charge in [-0.25, -0.2) is 0 Å². The molecule has 2 rings (SSSR count). The standard InChI is InChI=1S/C18H20O3/c1-13-7-8-14(2)18(15(13)3)21-10-9-20-17-6-4-5-16(11-17)12-19/h4-8,11-12H,9-10H2,1-3H3. The molecule has 0 aliphatic heterocycles. The highest BCUT2D eigenvalue weighted by Gasteiger charge is 2.06. The number of rotatable bonds is 6. The highest BCUT2D eigenvalue weighted by molar-refractivity contribution is 5.75. The van der Waals surface area contributed by atoms with E-state index >= 15 is 0 Å². The molecular formula is C18H20O3. The number of ether oxygens (including phenoxy) is 2. The van der Waals surface area contributed by atoms with E-state index < -0.39 is 0 Å². The molecule has 110 valence electrons. The van der Waals surface area contributed by atoms with Crippen molar-refractivity contribution in [2.24, 2.45) is 0 Å². The zero-order valence-corrected chi connectivity index (χ0v) is 12.7. The van der Waals surface area contributed by atoms with Crippen LogP contribution in [-0.4, -0.2) is 19.5 Å². The third kappa shape index (κ3) is 3.85. The molecule has 3 heteroatoms. The minimum absolute atomic E-state index is 0.440. The van der Waals surface area contributed by atoms with Crippen LogP contribution in [0.3, 0.4) is 0 Å². The minimum atomic E-state index is 0.440. The third-order valence-corrected chi connectivity index (χ3v) is 3.47. The molecule has 0 aliphatic carbocycles. The maximum Gasteiger partial charge on any atom is 0.150 e. The lowest BCUT2D eigenvalue weighted by Gasteiger charge is -2.14. The predicted molar refractivity (Wildman–Crippen MR) is 83.5 cm³/mol. The van der Waals surface area contributed by atoms with Crippen molar-refractivity contribution >= 4 is 6.29 Å². The second-order valence-corrected chi connectivity index (χ2v) is 5.04. The van der Waals surface area contributed by atoms with Crippen molar-refractivity contribution < 1.29 is 14.3 Å². The van der Waals surface area contributed by atoms with E-state index in [1.54, 1.807) is 18.2 Å². The molecule has 0 amide bonds. The molecule has 21 heavy (non-hydrogen) atoms. The number of hydrogen-bond donors (Lipinski definition) is 0. The summed E-state index contributed by atoms with van der Waals surface area (Å²) < 4.78 is 11.4. The van der Waals surface area contributed by atoms with Gasteiger partial charge in [0, 0.05) is 5.56 Å². The van der Waals surface area contributed by atoms with Gasteiger partial charge in [-0.05, 0) is 49.6 Å². The number of hydrogen-bond acceptors (Lipinski definition) is 3. The highest BCUT2D eigenvalue weighted by Crippen LogP contribution is 2.25. The van der Waals surface area contributed by atoms with Crippen molar-refractivity contribution in [3.05, 3.63) is 58.7 Å². The topological polar surface area (TPSA) is 35.5 Å². The Morgan fingerprint density at radius 1 is 0.952 bits per heavy atom. The molecule has 0 radical (unpaired) electrons. The molecule has 0 heterocycles. The lowest BCUT2D eigenvalue weighted by Crippen LogP contribution is -2.10. The van der Waals surface area contributed by atoms with Crippen LogP contribution in [0.25, 0.3) is 0 Å². The van der Waals surface area contributed by atoms with Crippen molar-refractivity contribution in [1.82, 2.24) is 0 Å². The predicted octanol–water partition coefficient (Wildman–Crippen LogP) is 3.88. The summed E-state index contributed by atoms with van der Waals surface area (Å²) in [6, 6.07) is 11.3. The SMILES string of the molecule is Cc1ccc(C)c(OCCOc2cccc(C=O)c2)c1C. The van der Waals surface area contributed by atoms with Gasteiger partial charge in [-0.15, -0.1) is 0 Å². The molecule has 0 fully saturated rings. The number of carbonyl (C=O) groups excluding carboxylic acids is 1. The van der Waals surface area contributed by atoms with Gasteiger partial charge in [0.15, 0.2) is 0 Å². The molecule has 0 aromatic heterocycles. The second kappa shape index (κ2) is 6.93. The Labute approximate surface area is 125 Å². The average molecular weight is 284 g/mol. The summed E-state index contributed by atoms with van der Waals surface area (Å²) in [7, 11) is 0. The van der Waals surface area contributed by atoms with Gasteiger partial charge in [0.2, 0.25) is 0 Å². The van der Waals surface area contributed by atoms with Crippen LogP contribution in [0.5, 0.6) is 11.5 Å². The lowest BCUT2D eigenvalue weighted by atomic mass is 10.1. The van der Waals surface area contributed by atoms with E-state index in [9.17, 15) is 4.79 Å². The van der Waals surface area contributed by atoms with Crippen molar-refractivity contribution in [3.63, 3.8) is 0 Å². The summed E-state index contributed by atoms with van der Waals surface area (Å²) in [5.41, 5.74) is 4.12. The molecule has 0 N–H and O–H groups in total. The van der Waals surface area contributed by atoms with Crippen LogP contribution in [0.1, 0.15) is 27.0 Å². The number of aldehydes is 1. The van der Waals surface area contributed by atoms with Gasteiger partial charge in [-0.3, -0.25) is 4.79 Å². The van der Waals surface area contributed by atoms with E-state index in [2.05, 4.69) is 26.0 Å². The van der Waals surface area contributed by atoms with Crippen LogP contribution in [0, 0.1) is 20.8 Å². The first kappa shape index (κ1) is 15.1. The lowest BCUT2D eigenvalue weighted by molar-refractivity contribution is 0.112. The Balaban J connectivity index is 1.90. The first-order valence-corrected chi connectivity index (χ1v) is 6.99. The first-order valence-electron chi connectivity index (χ1n) is 6.99. The smallest absolute Gasteiger partial charge is 0.150 e. The van der Waals surface area contributed by atoms with E-state index in [4.69, 9.17) is 9.47 Å². The van der Waals surface area contributed by atoms with Crippen LogP contribution < -0.4 is 9.47 Å². The average Bonchev–Trinajstić information content (AvgIpc) is 2.50. The molecule has 2 aromatic rings. The molecule has 0 saturated carbocycles. The molecule has 0 unspecified atom stereocenters. The summed E-state index contributed by atoms with van der Waals surface area (Å²) in [4.78, 5) is 10.7. The summed E-state index contributed by atoms with van der Waals surface area (Å²) in [6.45, 7) is 7.08. The largest absolute Gasteiger partial charge is 0.490 e. The second-order valence-electron chi connectivity index (χ2n) is 5.04. The molecule has 0 atom stereocenters. The van der Waals surface area contributed by atoms with Crippen LogP contribution >= 0.6 is 0 Å². The summed E-state index contributed by atoms with van der Waals surface area (Å²) in [5, 5.41) is 0. The zero-order valence-electron chi connectivity index (χ0n) is 12.7. The molecule has 0 aliphatic rings. The van der Waals surface area contributed by atoms with Gasteiger partial charge in [0.05, 0.1) is 0 Å². The normalized spacial score (nSPS) is 10.2. The fourth-order valence-electron chi connectivity index (χ4n) is 2.13. The number of aryl methyl sites for hydroxylation is 2. The molecule has 3 nitrogen and oxygen atoms in total. The summed E-state index contributed by atoms with van der Waals surface area (Å²) >= 11 is 0. The first-order chi connectivity index (χ1) is 10.1. The molecule has 0 saturated heterocycles. The quantitative estimate of drug-likeness (QED) is 0.596. The fraction of sp³-hybridized carbons (Fsp3) is 0.278. The fourth-order valence-corrected chi connectivity index (χ4v) is 2.13. The molecular weight excluding hydrogens is 264 g/mol. The Bertz CT molecular complexity index is 632. The Kier molecular flexibility index (Phi) is 4.99. The van der Waals surface area contributed by atoms with E-state index in [-0.39, 0.29) is 0 Å². The van der Waals surface area contributed by atoms with Crippen LogP contribution in [0.2, 0.25) is 0 Å². The molecule has 0 bridgehead atoms. The van der Waals surface area contributed by atoms with Gasteiger partial charge in [-0.1, -0.05) is 24.3 Å². The number of benzene rings is 2. The minimum Gasteiger partial charge on any atom is -0.490 e. The maximum atomic E-state index is 10.7. The van der Waals surface area contributed by atoms with Crippen LogP contribution in [0.15, 0.2) is 36.4 Å². The summed E-state index contributed by atoms with van der Waals surface area (Å²) in [6.07, 6.45) is 0.808. The van der Waals surface area contributed by atoms with Crippen molar-refractivity contribution in [2.75, 3.05) is 13.2 Å². The molecule has 0 spiro atoms. The van der Waals surface area contributed by atoms with Gasteiger partial charge in [0.1, 0.15) is 31.0 Å². The van der Waals surface area contributed by atoms with E-state index in [0.717, 1.165) is 23.2 Å².